The average Bonchev–Trinajstić information content (AvgIpc) is 2.34. The van der Waals surface area contributed by atoms with Crippen LogP contribution in [0.3, 0.4) is 0 Å². The van der Waals surface area contributed by atoms with E-state index in [1.165, 1.54) is 0 Å². The molecule has 0 saturated carbocycles. The predicted molar refractivity (Wildman–Crippen MR) is 68.7 cm³/mol. The maximum atomic E-state index is 12.5. The lowest BCUT2D eigenvalue weighted by molar-refractivity contribution is -0.185. The summed E-state index contributed by atoms with van der Waals surface area (Å²) in [6.07, 6.45) is -1.04. The van der Waals surface area contributed by atoms with Gasteiger partial charge in [0.2, 0.25) is 0 Å². The van der Waals surface area contributed by atoms with E-state index in [0.717, 1.165) is 25.8 Å². The third-order valence-electron chi connectivity index (χ3n) is 3.88. The van der Waals surface area contributed by atoms with Crippen LogP contribution in [0.25, 0.3) is 0 Å². The summed E-state index contributed by atoms with van der Waals surface area (Å²) in [6.45, 7) is 3.66. The second-order valence-electron chi connectivity index (χ2n) is 5.93. The lowest BCUT2D eigenvalue weighted by Crippen LogP contribution is -2.41. The van der Waals surface area contributed by atoms with E-state index in [0.29, 0.717) is 13.1 Å². The number of piperidine rings is 1. The molecular weight excluding hydrogens is 257 g/mol. The van der Waals surface area contributed by atoms with Crippen LogP contribution in [0.2, 0.25) is 0 Å². The molecule has 0 aromatic carbocycles. The topological polar surface area (TPSA) is 49.5 Å². The van der Waals surface area contributed by atoms with Crippen molar-refractivity contribution in [2.24, 2.45) is 11.7 Å². The Kier molecular flexibility index (Phi) is 6.08. The molecule has 3 nitrogen and oxygen atoms in total. The van der Waals surface area contributed by atoms with Gasteiger partial charge < -0.3 is 15.7 Å². The number of nitrogens with zero attached hydrogens (tertiary/aromatic N) is 1. The molecule has 1 saturated heterocycles. The first-order chi connectivity index (χ1) is 8.74. The monoisotopic (exact) mass is 282 g/mol. The van der Waals surface area contributed by atoms with Gasteiger partial charge in [0, 0.05) is 5.54 Å². The first-order valence-corrected chi connectivity index (χ1v) is 6.93. The largest absolute Gasteiger partial charge is 0.394 e. The van der Waals surface area contributed by atoms with E-state index in [4.69, 9.17) is 10.8 Å². The number of nitrogens with two attached hydrogens (primary N) is 1. The molecule has 0 spiro atoms. The van der Waals surface area contributed by atoms with Gasteiger partial charge in [0.1, 0.15) is 0 Å². The minimum Gasteiger partial charge on any atom is -0.394 e. The van der Waals surface area contributed by atoms with E-state index >= 15 is 0 Å². The van der Waals surface area contributed by atoms with E-state index in [9.17, 15) is 13.2 Å². The molecule has 1 aliphatic heterocycles. The molecule has 0 amide bonds. The number of rotatable bonds is 6. The van der Waals surface area contributed by atoms with Gasteiger partial charge in [-0.1, -0.05) is 6.42 Å². The standard InChI is InChI=1S/C13H25F3N2O/c1-12(17,10-19)6-2-3-7-18-8-4-11(5-9-18)13(14,15)16/h11,19H,2-10,17H2,1H3. The number of likely N-dealkylation sites (tertiary alicyclic amines) is 1. The van der Waals surface area contributed by atoms with Gasteiger partial charge in [-0.15, -0.1) is 0 Å². The molecule has 1 atom stereocenters. The average molecular weight is 282 g/mol. The number of hydrogen-bond acceptors (Lipinski definition) is 3. The summed E-state index contributed by atoms with van der Waals surface area (Å²) in [6, 6.07) is 0. The molecule has 0 aromatic rings. The Balaban J connectivity index is 2.14. The van der Waals surface area contributed by atoms with Gasteiger partial charge in [0.25, 0.3) is 0 Å². The Bertz CT molecular complexity index is 261. The van der Waals surface area contributed by atoms with Crippen molar-refractivity contribution in [1.29, 1.82) is 0 Å². The summed E-state index contributed by atoms with van der Waals surface area (Å²) in [5.41, 5.74) is 5.27. The lowest BCUT2D eigenvalue weighted by atomic mass is 9.95. The zero-order valence-electron chi connectivity index (χ0n) is 11.5. The van der Waals surface area contributed by atoms with Crippen LogP contribution in [-0.4, -0.2) is 48.0 Å². The van der Waals surface area contributed by atoms with Crippen molar-refractivity contribution in [3.8, 4) is 0 Å². The van der Waals surface area contributed by atoms with Crippen molar-refractivity contribution in [2.45, 2.75) is 50.7 Å². The van der Waals surface area contributed by atoms with Crippen molar-refractivity contribution in [2.75, 3.05) is 26.2 Å². The third-order valence-corrected chi connectivity index (χ3v) is 3.88. The fourth-order valence-corrected chi connectivity index (χ4v) is 2.43. The number of alkyl halides is 3. The molecule has 0 radical (unpaired) electrons. The third kappa shape index (κ3) is 6.10. The Morgan fingerprint density at radius 2 is 1.79 bits per heavy atom. The molecule has 1 fully saturated rings. The number of aliphatic hydroxyl groups is 1. The number of unbranched alkanes of at least 4 members (excludes halogenated alkanes) is 1. The second-order valence-corrected chi connectivity index (χ2v) is 5.93. The van der Waals surface area contributed by atoms with Crippen molar-refractivity contribution < 1.29 is 18.3 Å². The first kappa shape index (κ1) is 16.7. The van der Waals surface area contributed by atoms with Crippen LogP contribution < -0.4 is 5.73 Å². The zero-order valence-corrected chi connectivity index (χ0v) is 11.5. The molecule has 3 N–H and O–H groups in total. The van der Waals surface area contributed by atoms with Crippen LogP contribution in [0.1, 0.15) is 39.0 Å². The van der Waals surface area contributed by atoms with Crippen LogP contribution in [-0.2, 0) is 0 Å². The molecule has 1 unspecified atom stereocenters. The summed E-state index contributed by atoms with van der Waals surface area (Å²) in [5.74, 6) is -1.12. The molecule has 0 bridgehead atoms. The van der Waals surface area contributed by atoms with Gasteiger partial charge in [-0.05, 0) is 52.2 Å². The van der Waals surface area contributed by atoms with Crippen LogP contribution in [0.4, 0.5) is 13.2 Å². The van der Waals surface area contributed by atoms with Gasteiger partial charge in [-0.2, -0.15) is 13.2 Å². The summed E-state index contributed by atoms with van der Waals surface area (Å²) >= 11 is 0. The zero-order chi connectivity index (χ0) is 14.5. The molecule has 6 heteroatoms. The Hall–Kier alpha value is -0.330. The Morgan fingerprint density at radius 1 is 1.21 bits per heavy atom. The van der Waals surface area contributed by atoms with E-state index in [-0.39, 0.29) is 19.4 Å². The Labute approximate surface area is 113 Å². The first-order valence-electron chi connectivity index (χ1n) is 6.93. The normalized spacial score (nSPS) is 22.4. The van der Waals surface area contributed by atoms with Crippen LogP contribution >= 0.6 is 0 Å². The minimum atomic E-state index is -4.03. The van der Waals surface area contributed by atoms with Gasteiger partial charge >= 0.3 is 6.18 Å². The van der Waals surface area contributed by atoms with Gasteiger partial charge in [0.05, 0.1) is 12.5 Å². The molecule has 114 valence electrons. The SMILES string of the molecule is CC(N)(CO)CCCCN1CCC(C(F)(F)F)CC1. The lowest BCUT2D eigenvalue weighted by Gasteiger charge is -2.33. The molecule has 0 aromatic heterocycles. The highest BCUT2D eigenvalue weighted by atomic mass is 19.4. The maximum Gasteiger partial charge on any atom is 0.391 e. The molecular formula is C13H25F3N2O. The van der Waals surface area contributed by atoms with Gasteiger partial charge in [-0.3, -0.25) is 0 Å². The van der Waals surface area contributed by atoms with Gasteiger partial charge in [0.15, 0.2) is 0 Å². The summed E-state index contributed by atoms with van der Waals surface area (Å²) in [5, 5.41) is 9.01. The highest BCUT2D eigenvalue weighted by molar-refractivity contribution is 4.79. The quantitative estimate of drug-likeness (QED) is 0.734. The highest BCUT2D eigenvalue weighted by Gasteiger charge is 2.40. The minimum absolute atomic E-state index is 0.0377. The van der Waals surface area contributed by atoms with Crippen LogP contribution in [0.15, 0.2) is 0 Å². The molecule has 1 rings (SSSR count). The van der Waals surface area contributed by atoms with Crippen LogP contribution in [0.5, 0.6) is 0 Å². The highest BCUT2D eigenvalue weighted by Crippen LogP contribution is 2.34. The Morgan fingerprint density at radius 3 is 2.26 bits per heavy atom. The fourth-order valence-electron chi connectivity index (χ4n) is 2.43. The van der Waals surface area contributed by atoms with Crippen molar-refractivity contribution in [3.63, 3.8) is 0 Å². The van der Waals surface area contributed by atoms with Crippen molar-refractivity contribution in [1.82, 2.24) is 4.90 Å². The number of aliphatic hydroxyl groups excluding tert-OH is 1. The van der Waals surface area contributed by atoms with E-state index in [1.807, 2.05) is 6.92 Å². The number of hydrogen-bond donors (Lipinski definition) is 2. The molecule has 1 heterocycles. The maximum absolute atomic E-state index is 12.5. The molecule has 1 aliphatic rings. The predicted octanol–water partition coefficient (Wildman–Crippen LogP) is 2.14. The summed E-state index contributed by atoms with van der Waals surface area (Å²) in [7, 11) is 0. The van der Waals surface area contributed by atoms with E-state index < -0.39 is 17.6 Å². The second kappa shape index (κ2) is 6.90. The van der Waals surface area contributed by atoms with Crippen LogP contribution in [0, 0.1) is 5.92 Å². The molecule has 19 heavy (non-hydrogen) atoms. The van der Waals surface area contributed by atoms with Crippen molar-refractivity contribution >= 4 is 0 Å². The summed E-state index contributed by atoms with van der Waals surface area (Å²) in [4.78, 5) is 2.09. The van der Waals surface area contributed by atoms with E-state index in [2.05, 4.69) is 4.90 Å². The number of halogens is 3. The summed E-state index contributed by atoms with van der Waals surface area (Å²) < 4.78 is 37.5. The smallest absolute Gasteiger partial charge is 0.391 e. The van der Waals surface area contributed by atoms with E-state index in [1.54, 1.807) is 0 Å². The fraction of sp³-hybridized carbons (Fsp3) is 1.00. The van der Waals surface area contributed by atoms with Gasteiger partial charge in [-0.25, -0.2) is 0 Å². The molecule has 0 aliphatic carbocycles. The van der Waals surface area contributed by atoms with Crippen molar-refractivity contribution in [3.05, 3.63) is 0 Å².